The number of rotatable bonds is 6. The third kappa shape index (κ3) is 4.26. The Hall–Kier alpha value is -3.18. The van der Waals surface area contributed by atoms with E-state index in [1.807, 2.05) is 43.3 Å². The molecule has 2 N–H and O–H groups in total. The second-order valence-corrected chi connectivity index (χ2v) is 5.88. The van der Waals surface area contributed by atoms with E-state index in [1.165, 1.54) is 0 Å². The third-order valence-electron chi connectivity index (χ3n) is 4.02. The zero-order chi connectivity index (χ0) is 18.4. The number of hydrogen-bond acceptors (Lipinski definition) is 4. The molecule has 3 aromatic rings. The number of pyridine rings is 1. The molecule has 26 heavy (non-hydrogen) atoms. The van der Waals surface area contributed by atoms with Gasteiger partial charge < -0.3 is 15.2 Å². The molecule has 0 spiro atoms. The quantitative estimate of drug-likeness (QED) is 0.713. The van der Waals surface area contributed by atoms with Gasteiger partial charge in [0.15, 0.2) is 0 Å². The Kier molecular flexibility index (Phi) is 5.61. The van der Waals surface area contributed by atoms with Gasteiger partial charge in [0.25, 0.3) is 5.91 Å². The first-order valence-corrected chi connectivity index (χ1v) is 8.32. The first-order chi connectivity index (χ1) is 12.7. The maximum Gasteiger partial charge on any atom is 0.251 e. The molecule has 0 saturated carbocycles. The molecule has 3 rings (SSSR count). The fourth-order valence-corrected chi connectivity index (χ4v) is 2.55. The van der Waals surface area contributed by atoms with E-state index in [1.54, 1.807) is 36.7 Å². The maximum atomic E-state index is 12.6. The van der Waals surface area contributed by atoms with Crippen molar-refractivity contribution in [1.29, 1.82) is 0 Å². The molecule has 0 bridgehead atoms. The molecule has 0 aliphatic rings. The lowest BCUT2D eigenvalue weighted by atomic mass is 10.1. The molecule has 1 aromatic heterocycles. The van der Waals surface area contributed by atoms with Crippen LogP contribution in [0, 0.1) is 6.92 Å². The SMILES string of the molecule is Cc1ccc(C(=O)NC(CO)c2ccccc2)cc1Oc1ccncc1. The first-order valence-electron chi connectivity index (χ1n) is 8.32. The van der Waals surface area contributed by atoms with Gasteiger partial charge in [-0.3, -0.25) is 9.78 Å². The van der Waals surface area contributed by atoms with Crippen LogP contribution in [-0.4, -0.2) is 22.6 Å². The predicted octanol–water partition coefficient (Wildman–Crippen LogP) is 3.65. The smallest absolute Gasteiger partial charge is 0.251 e. The summed E-state index contributed by atoms with van der Waals surface area (Å²) in [6.07, 6.45) is 3.29. The molecule has 1 amide bonds. The summed E-state index contributed by atoms with van der Waals surface area (Å²) in [5.74, 6) is 0.981. The van der Waals surface area contributed by atoms with Crippen LogP contribution < -0.4 is 10.1 Å². The van der Waals surface area contributed by atoms with Crippen LogP contribution >= 0.6 is 0 Å². The standard InChI is InChI=1S/C21H20N2O3/c1-15-7-8-17(13-20(15)26-18-9-11-22-12-10-18)21(25)23-19(14-24)16-5-3-2-4-6-16/h2-13,19,24H,14H2,1H3,(H,23,25). The van der Waals surface area contributed by atoms with Gasteiger partial charge in [-0.2, -0.15) is 0 Å². The molecule has 1 heterocycles. The molecule has 1 unspecified atom stereocenters. The van der Waals surface area contributed by atoms with Gasteiger partial charge in [0.05, 0.1) is 12.6 Å². The minimum atomic E-state index is -0.463. The number of ether oxygens (including phenoxy) is 1. The summed E-state index contributed by atoms with van der Waals surface area (Å²) in [5, 5.41) is 12.5. The van der Waals surface area contributed by atoms with Crippen molar-refractivity contribution in [1.82, 2.24) is 10.3 Å². The Balaban J connectivity index is 1.78. The fraction of sp³-hybridized carbons (Fsp3) is 0.143. The number of aliphatic hydroxyl groups is 1. The van der Waals surface area contributed by atoms with Crippen molar-refractivity contribution in [2.24, 2.45) is 0 Å². The van der Waals surface area contributed by atoms with Crippen LogP contribution in [0.2, 0.25) is 0 Å². The predicted molar refractivity (Wildman–Crippen MR) is 99.2 cm³/mol. The Morgan fingerprint density at radius 1 is 1.12 bits per heavy atom. The molecule has 1 atom stereocenters. The van der Waals surface area contributed by atoms with Crippen molar-refractivity contribution >= 4 is 5.91 Å². The van der Waals surface area contributed by atoms with Crippen LogP contribution in [-0.2, 0) is 0 Å². The van der Waals surface area contributed by atoms with Gasteiger partial charge in [-0.25, -0.2) is 0 Å². The number of carbonyl (C=O) groups excluding carboxylic acids is 1. The molecule has 0 saturated heterocycles. The number of hydrogen-bond donors (Lipinski definition) is 2. The first kappa shape index (κ1) is 17.6. The van der Waals surface area contributed by atoms with Crippen LogP contribution in [0.25, 0.3) is 0 Å². The normalized spacial score (nSPS) is 11.6. The number of nitrogens with one attached hydrogen (secondary N) is 1. The molecule has 0 aliphatic carbocycles. The Morgan fingerprint density at radius 3 is 2.54 bits per heavy atom. The van der Waals surface area contributed by atoms with Crippen LogP contribution in [0.4, 0.5) is 0 Å². The second kappa shape index (κ2) is 8.27. The minimum Gasteiger partial charge on any atom is -0.457 e. The second-order valence-electron chi connectivity index (χ2n) is 5.88. The number of aliphatic hydroxyl groups excluding tert-OH is 1. The summed E-state index contributed by atoms with van der Waals surface area (Å²) in [6.45, 7) is 1.74. The average Bonchev–Trinajstić information content (AvgIpc) is 2.69. The molecule has 5 heteroatoms. The topological polar surface area (TPSA) is 71.5 Å². The summed E-state index contributed by atoms with van der Waals surface area (Å²) in [4.78, 5) is 16.6. The molecule has 2 aromatic carbocycles. The van der Waals surface area contributed by atoms with E-state index in [4.69, 9.17) is 4.74 Å². The van der Waals surface area contributed by atoms with E-state index in [0.717, 1.165) is 11.1 Å². The highest BCUT2D eigenvalue weighted by atomic mass is 16.5. The van der Waals surface area contributed by atoms with Crippen molar-refractivity contribution < 1.29 is 14.6 Å². The van der Waals surface area contributed by atoms with E-state index in [0.29, 0.717) is 17.1 Å². The summed E-state index contributed by atoms with van der Waals surface area (Å²) in [7, 11) is 0. The largest absolute Gasteiger partial charge is 0.457 e. The lowest BCUT2D eigenvalue weighted by Gasteiger charge is -2.17. The zero-order valence-electron chi connectivity index (χ0n) is 14.4. The van der Waals surface area contributed by atoms with Crippen molar-refractivity contribution in [3.63, 3.8) is 0 Å². The van der Waals surface area contributed by atoms with Crippen molar-refractivity contribution in [2.45, 2.75) is 13.0 Å². The minimum absolute atomic E-state index is 0.179. The fourth-order valence-electron chi connectivity index (χ4n) is 2.55. The van der Waals surface area contributed by atoms with Crippen LogP contribution in [0.15, 0.2) is 73.1 Å². The summed E-state index contributed by atoms with van der Waals surface area (Å²) in [5.41, 5.74) is 2.23. The van der Waals surface area contributed by atoms with Gasteiger partial charge in [-0.1, -0.05) is 36.4 Å². The molecule has 0 fully saturated rings. The van der Waals surface area contributed by atoms with E-state index < -0.39 is 6.04 Å². The van der Waals surface area contributed by atoms with Gasteiger partial charge in [0.1, 0.15) is 11.5 Å². The number of aromatic nitrogens is 1. The monoisotopic (exact) mass is 348 g/mol. The van der Waals surface area contributed by atoms with E-state index in [9.17, 15) is 9.90 Å². The van der Waals surface area contributed by atoms with Crippen molar-refractivity contribution in [3.05, 3.63) is 89.7 Å². The highest BCUT2D eigenvalue weighted by Crippen LogP contribution is 2.26. The van der Waals surface area contributed by atoms with Crippen LogP contribution in [0.3, 0.4) is 0 Å². The summed E-state index contributed by atoms with van der Waals surface area (Å²) < 4.78 is 5.85. The van der Waals surface area contributed by atoms with Gasteiger partial charge in [0.2, 0.25) is 0 Å². The van der Waals surface area contributed by atoms with E-state index in [-0.39, 0.29) is 12.5 Å². The maximum absolute atomic E-state index is 12.6. The van der Waals surface area contributed by atoms with E-state index >= 15 is 0 Å². The lowest BCUT2D eigenvalue weighted by molar-refractivity contribution is 0.0916. The van der Waals surface area contributed by atoms with E-state index in [2.05, 4.69) is 10.3 Å². The highest BCUT2D eigenvalue weighted by molar-refractivity contribution is 5.95. The van der Waals surface area contributed by atoms with Crippen LogP contribution in [0.5, 0.6) is 11.5 Å². The number of benzene rings is 2. The molecule has 5 nitrogen and oxygen atoms in total. The van der Waals surface area contributed by atoms with Gasteiger partial charge in [-0.05, 0) is 42.3 Å². The molecule has 0 aliphatic heterocycles. The number of nitrogens with zero attached hydrogens (tertiary/aromatic N) is 1. The van der Waals surface area contributed by atoms with Crippen LogP contribution in [0.1, 0.15) is 27.5 Å². The lowest BCUT2D eigenvalue weighted by Crippen LogP contribution is -2.30. The molecular weight excluding hydrogens is 328 g/mol. The van der Waals surface area contributed by atoms with Gasteiger partial charge in [0, 0.05) is 18.0 Å². The Morgan fingerprint density at radius 2 is 1.85 bits per heavy atom. The molecular formula is C21H20N2O3. The average molecular weight is 348 g/mol. The number of aryl methyl sites for hydroxylation is 1. The molecule has 132 valence electrons. The number of amides is 1. The Labute approximate surface area is 152 Å². The summed E-state index contributed by atoms with van der Waals surface area (Å²) in [6, 6.07) is 17.7. The van der Waals surface area contributed by atoms with Crippen molar-refractivity contribution in [3.8, 4) is 11.5 Å². The van der Waals surface area contributed by atoms with Gasteiger partial charge >= 0.3 is 0 Å². The third-order valence-corrected chi connectivity index (χ3v) is 4.02. The zero-order valence-corrected chi connectivity index (χ0v) is 14.4. The molecule has 0 radical (unpaired) electrons. The Bertz CT molecular complexity index is 867. The summed E-state index contributed by atoms with van der Waals surface area (Å²) >= 11 is 0. The number of carbonyl (C=O) groups is 1. The highest BCUT2D eigenvalue weighted by Gasteiger charge is 2.16. The van der Waals surface area contributed by atoms with Gasteiger partial charge in [-0.15, -0.1) is 0 Å². The van der Waals surface area contributed by atoms with Crippen molar-refractivity contribution in [2.75, 3.05) is 6.61 Å².